The van der Waals surface area contributed by atoms with Gasteiger partial charge < -0.3 is 0 Å². The van der Waals surface area contributed by atoms with Gasteiger partial charge in [0.2, 0.25) is 0 Å². The number of fused-ring (bicyclic) bond motifs is 8. The van der Waals surface area contributed by atoms with Crippen LogP contribution in [-0.4, -0.2) is 0 Å². The first-order valence-electron chi connectivity index (χ1n) is 17.3. The van der Waals surface area contributed by atoms with Crippen LogP contribution < -0.4 is 0 Å². The predicted octanol–water partition coefficient (Wildman–Crippen LogP) is 13.6. The van der Waals surface area contributed by atoms with E-state index < -0.39 is 0 Å². The first-order valence-corrected chi connectivity index (χ1v) is 17.3. The van der Waals surface area contributed by atoms with Crippen LogP contribution in [0.5, 0.6) is 0 Å². The Hall–Kier alpha value is -5.98. The van der Waals surface area contributed by atoms with E-state index in [1.54, 1.807) is 0 Å². The second-order valence-electron chi connectivity index (χ2n) is 14.0. The van der Waals surface area contributed by atoms with Gasteiger partial charge >= 0.3 is 0 Å². The van der Waals surface area contributed by atoms with Gasteiger partial charge in [0.05, 0.1) is 0 Å². The van der Waals surface area contributed by atoms with Crippen molar-refractivity contribution in [2.45, 2.75) is 19.3 Å². The summed E-state index contributed by atoms with van der Waals surface area (Å²) in [5.41, 5.74) is 13.1. The highest BCUT2D eigenvalue weighted by molar-refractivity contribution is 6.24. The Labute approximate surface area is 286 Å². The molecule has 1 aliphatic carbocycles. The van der Waals surface area contributed by atoms with Crippen molar-refractivity contribution in [1.29, 1.82) is 0 Å². The second kappa shape index (κ2) is 10.5. The summed E-state index contributed by atoms with van der Waals surface area (Å²) in [4.78, 5) is 0. The molecule has 0 amide bonds. The molecule has 49 heavy (non-hydrogen) atoms. The van der Waals surface area contributed by atoms with Crippen molar-refractivity contribution in [2.24, 2.45) is 0 Å². The Morgan fingerprint density at radius 1 is 0.327 bits per heavy atom. The van der Waals surface area contributed by atoms with Gasteiger partial charge in [-0.1, -0.05) is 178 Å². The fourth-order valence-electron chi connectivity index (χ4n) is 8.88. The van der Waals surface area contributed by atoms with Gasteiger partial charge in [0, 0.05) is 5.41 Å². The van der Waals surface area contributed by atoms with Crippen LogP contribution in [0.3, 0.4) is 0 Å². The minimum atomic E-state index is -0.119. The average molecular weight is 623 g/mol. The molecule has 10 rings (SSSR count). The summed E-state index contributed by atoms with van der Waals surface area (Å²) in [5, 5.41) is 10.3. The molecule has 0 unspecified atom stereocenters. The molecule has 0 heteroatoms. The molecule has 230 valence electrons. The molecule has 0 saturated carbocycles. The smallest absolute Gasteiger partial charge is 0.0165 e. The molecule has 0 atom stereocenters. The van der Waals surface area contributed by atoms with Crippen molar-refractivity contribution in [3.63, 3.8) is 0 Å². The van der Waals surface area contributed by atoms with E-state index in [-0.39, 0.29) is 5.41 Å². The molecule has 0 saturated heterocycles. The molecule has 0 bridgehead atoms. The molecular formula is C49H34. The first kappa shape index (κ1) is 28.1. The van der Waals surface area contributed by atoms with E-state index in [1.807, 2.05) is 0 Å². The number of rotatable bonds is 3. The van der Waals surface area contributed by atoms with Crippen LogP contribution >= 0.6 is 0 Å². The lowest BCUT2D eigenvalue weighted by Gasteiger charge is -2.24. The van der Waals surface area contributed by atoms with Crippen LogP contribution in [-0.2, 0) is 5.41 Å². The second-order valence-corrected chi connectivity index (χ2v) is 14.0. The first-order chi connectivity index (χ1) is 24.1. The highest BCUT2D eigenvalue weighted by Gasteiger charge is 2.38. The van der Waals surface area contributed by atoms with E-state index in [0.717, 1.165) is 0 Å². The van der Waals surface area contributed by atoms with Crippen LogP contribution in [0.4, 0.5) is 0 Å². The molecule has 9 aromatic rings. The van der Waals surface area contributed by atoms with Gasteiger partial charge in [0.25, 0.3) is 0 Å². The Kier molecular flexibility index (Phi) is 6.02. The van der Waals surface area contributed by atoms with E-state index in [4.69, 9.17) is 0 Å². The Morgan fingerprint density at radius 2 is 0.837 bits per heavy atom. The molecule has 0 radical (unpaired) electrons. The summed E-state index contributed by atoms with van der Waals surface area (Å²) in [5.74, 6) is 0. The third kappa shape index (κ3) is 4.04. The van der Waals surface area contributed by atoms with Crippen LogP contribution in [0.2, 0.25) is 0 Å². The lowest BCUT2D eigenvalue weighted by Crippen LogP contribution is -2.15. The monoisotopic (exact) mass is 622 g/mol. The van der Waals surface area contributed by atoms with Crippen molar-refractivity contribution >= 4 is 43.1 Å². The van der Waals surface area contributed by atoms with E-state index >= 15 is 0 Å². The average Bonchev–Trinajstić information content (AvgIpc) is 3.40. The van der Waals surface area contributed by atoms with Crippen LogP contribution in [0.25, 0.3) is 87.6 Å². The van der Waals surface area contributed by atoms with Crippen molar-refractivity contribution < 1.29 is 0 Å². The summed E-state index contributed by atoms with van der Waals surface area (Å²) < 4.78 is 0. The summed E-state index contributed by atoms with van der Waals surface area (Å²) in [6.45, 7) is 4.80. The largest absolute Gasteiger partial charge is 0.0616 e. The molecule has 0 aliphatic heterocycles. The third-order valence-electron chi connectivity index (χ3n) is 11.0. The fourth-order valence-corrected chi connectivity index (χ4v) is 8.88. The third-order valence-corrected chi connectivity index (χ3v) is 11.0. The van der Waals surface area contributed by atoms with Crippen molar-refractivity contribution in [1.82, 2.24) is 0 Å². The normalized spacial score (nSPS) is 13.3. The molecule has 9 aromatic carbocycles. The molecule has 0 fully saturated rings. The quantitative estimate of drug-likeness (QED) is 0.172. The molecule has 0 heterocycles. The standard InChI is InChI=1S/C49H34/c1-49(2)44-25-13-24-42(47(44)43-29-28-32-15-5-6-18-36(32)48(43)49)46-40-22-11-9-20-38(40)45(39-21-10-12-23-41(39)46)37-19-8-7-17-35(37)34-27-26-31-14-3-4-16-33(31)30-34/h3-30H,1-2H3. The van der Waals surface area contributed by atoms with E-state index in [1.165, 1.54) is 98.7 Å². The minimum absolute atomic E-state index is 0.119. The highest BCUT2D eigenvalue weighted by Crippen LogP contribution is 2.56. The Balaban J connectivity index is 1.29. The van der Waals surface area contributed by atoms with Crippen molar-refractivity contribution in [3.05, 3.63) is 181 Å². The van der Waals surface area contributed by atoms with E-state index in [0.29, 0.717) is 0 Å². The summed E-state index contributed by atoms with van der Waals surface area (Å²) in [7, 11) is 0. The van der Waals surface area contributed by atoms with Crippen molar-refractivity contribution in [2.75, 3.05) is 0 Å². The Morgan fingerprint density at radius 3 is 1.53 bits per heavy atom. The van der Waals surface area contributed by atoms with Gasteiger partial charge in [-0.25, -0.2) is 0 Å². The fraction of sp³-hybridized carbons (Fsp3) is 0.0612. The summed E-state index contributed by atoms with van der Waals surface area (Å²) in [6.07, 6.45) is 0. The minimum Gasteiger partial charge on any atom is -0.0616 e. The van der Waals surface area contributed by atoms with Crippen molar-refractivity contribution in [3.8, 4) is 44.5 Å². The van der Waals surface area contributed by atoms with Gasteiger partial charge in [-0.05, 0) is 105 Å². The van der Waals surface area contributed by atoms with E-state index in [9.17, 15) is 0 Å². The van der Waals surface area contributed by atoms with Gasteiger partial charge in [-0.2, -0.15) is 0 Å². The maximum atomic E-state index is 2.40. The van der Waals surface area contributed by atoms with E-state index in [2.05, 4.69) is 184 Å². The Bertz CT molecular complexity index is 2740. The van der Waals surface area contributed by atoms with Crippen LogP contribution in [0.15, 0.2) is 170 Å². The molecule has 0 aromatic heterocycles. The topological polar surface area (TPSA) is 0 Å². The van der Waals surface area contributed by atoms with Gasteiger partial charge in [0.1, 0.15) is 0 Å². The zero-order valence-electron chi connectivity index (χ0n) is 27.7. The SMILES string of the molecule is CC1(C)c2cccc(-c3c4ccccc4c(-c4ccccc4-c4ccc5ccccc5c4)c4ccccc34)c2-c2ccc3ccccc3c21. The maximum Gasteiger partial charge on any atom is 0.0165 e. The maximum absolute atomic E-state index is 2.40. The van der Waals surface area contributed by atoms with Crippen LogP contribution in [0.1, 0.15) is 25.0 Å². The number of hydrogen-bond acceptors (Lipinski definition) is 0. The highest BCUT2D eigenvalue weighted by atomic mass is 14.4. The summed E-state index contributed by atoms with van der Waals surface area (Å²) in [6, 6.07) is 63.1. The zero-order valence-corrected chi connectivity index (χ0v) is 27.7. The van der Waals surface area contributed by atoms with Gasteiger partial charge in [0.15, 0.2) is 0 Å². The number of benzene rings is 9. The lowest BCUT2D eigenvalue weighted by molar-refractivity contribution is 0.666. The summed E-state index contributed by atoms with van der Waals surface area (Å²) >= 11 is 0. The predicted molar refractivity (Wildman–Crippen MR) is 210 cm³/mol. The molecular weight excluding hydrogens is 589 g/mol. The number of hydrogen-bond donors (Lipinski definition) is 0. The molecule has 0 nitrogen and oxygen atoms in total. The van der Waals surface area contributed by atoms with Gasteiger partial charge in [-0.3, -0.25) is 0 Å². The molecule has 0 spiro atoms. The molecule has 0 N–H and O–H groups in total. The van der Waals surface area contributed by atoms with Gasteiger partial charge in [-0.15, -0.1) is 0 Å². The lowest BCUT2D eigenvalue weighted by atomic mass is 9.79. The van der Waals surface area contributed by atoms with Crippen LogP contribution in [0, 0.1) is 0 Å². The molecule has 1 aliphatic rings. The zero-order chi connectivity index (χ0) is 32.7.